The summed E-state index contributed by atoms with van der Waals surface area (Å²) in [5, 5.41) is 11.0. The van der Waals surface area contributed by atoms with Crippen molar-refractivity contribution in [3.63, 3.8) is 0 Å². The lowest BCUT2D eigenvalue weighted by atomic mass is 10.2. The molecule has 0 aliphatic rings. The van der Waals surface area contributed by atoms with Gasteiger partial charge in [0.1, 0.15) is 5.75 Å². The number of para-hydroxylation sites is 1. The molecule has 2 aromatic carbocycles. The number of anilines is 1. The molecule has 0 unspecified atom stereocenters. The van der Waals surface area contributed by atoms with E-state index in [0.717, 1.165) is 17.0 Å². The van der Waals surface area contributed by atoms with Crippen LogP contribution in [-0.2, 0) is 11.4 Å². The first-order chi connectivity index (χ1) is 12.2. The molecule has 25 heavy (non-hydrogen) atoms. The third-order valence-corrected chi connectivity index (χ3v) is 4.03. The molecule has 0 saturated heterocycles. The van der Waals surface area contributed by atoms with Crippen LogP contribution in [0, 0.1) is 6.92 Å². The van der Waals surface area contributed by atoms with Crippen LogP contribution in [-0.4, -0.2) is 21.9 Å². The highest BCUT2D eigenvalue weighted by Gasteiger charge is 2.10. The normalized spacial score (nSPS) is 10.4. The van der Waals surface area contributed by atoms with Gasteiger partial charge in [-0.15, -0.1) is 10.2 Å². The van der Waals surface area contributed by atoms with Crippen LogP contribution in [0.4, 0.5) is 5.69 Å². The topological polar surface area (TPSA) is 77.2 Å². The van der Waals surface area contributed by atoms with Crippen molar-refractivity contribution in [1.29, 1.82) is 0 Å². The van der Waals surface area contributed by atoms with E-state index in [1.54, 1.807) is 0 Å². The fourth-order valence-electron chi connectivity index (χ4n) is 1.98. The zero-order chi connectivity index (χ0) is 17.5. The van der Waals surface area contributed by atoms with Gasteiger partial charge < -0.3 is 14.5 Å². The van der Waals surface area contributed by atoms with Crippen molar-refractivity contribution in [3.05, 3.63) is 66.1 Å². The molecule has 1 aromatic heterocycles. The molecule has 0 aliphatic heterocycles. The Kier molecular flexibility index (Phi) is 5.69. The molecule has 0 aliphatic carbocycles. The standard InChI is InChI=1S/C18H17N3O3S/c1-13-7-9-14(10-8-13)19-16(22)12-25-18-21-20-17(24-18)11-23-15-5-3-2-4-6-15/h2-10H,11-12H2,1H3,(H,19,22). The van der Waals surface area contributed by atoms with E-state index in [2.05, 4.69) is 15.5 Å². The number of nitrogens with zero attached hydrogens (tertiary/aromatic N) is 2. The van der Waals surface area contributed by atoms with E-state index < -0.39 is 0 Å². The summed E-state index contributed by atoms with van der Waals surface area (Å²) in [6, 6.07) is 17.0. The van der Waals surface area contributed by atoms with Gasteiger partial charge in [0.2, 0.25) is 5.91 Å². The highest BCUT2D eigenvalue weighted by Crippen LogP contribution is 2.18. The van der Waals surface area contributed by atoms with E-state index in [9.17, 15) is 4.79 Å². The van der Waals surface area contributed by atoms with Gasteiger partial charge in [0, 0.05) is 5.69 Å². The summed E-state index contributed by atoms with van der Waals surface area (Å²) in [5.41, 5.74) is 1.90. The summed E-state index contributed by atoms with van der Waals surface area (Å²) in [5.74, 6) is 1.15. The minimum atomic E-state index is -0.130. The van der Waals surface area contributed by atoms with Gasteiger partial charge in [-0.1, -0.05) is 47.7 Å². The minimum absolute atomic E-state index is 0.130. The van der Waals surface area contributed by atoms with E-state index in [0.29, 0.717) is 11.1 Å². The molecule has 3 rings (SSSR count). The predicted octanol–water partition coefficient (Wildman–Crippen LogP) is 3.69. The summed E-state index contributed by atoms with van der Waals surface area (Å²) in [7, 11) is 0. The van der Waals surface area contributed by atoms with Crippen molar-refractivity contribution in [1.82, 2.24) is 10.2 Å². The van der Waals surface area contributed by atoms with Crippen molar-refractivity contribution in [3.8, 4) is 5.75 Å². The quantitative estimate of drug-likeness (QED) is 0.651. The van der Waals surface area contributed by atoms with Gasteiger partial charge in [-0.3, -0.25) is 4.79 Å². The summed E-state index contributed by atoms with van der Waals surface area (Å²) >= 11 is 1.19. The SMILES string of the molecule is Cc1ccc(NC(=O)CSc2nnc(COc3ccccc3)o2)cc1. The molecule has 6 nitrogen and oxygen atoms in total. The number of ether oxygens (including phenoxy) is 1. The first-order valence-electron chi connectivity index (χ1n) is 7.68. The highest BCUT2D eigenvalue weighted by molar-refractivity contribution is 7.99. The number of amides is 1. The Labute approximate surface area is 149 Å². The van der Waals surface area contributed by atoms with Crippen LogP contribution >= 0.6 is 11.8 Å². The number of carbonyl (C=O) groups excluding carboxylic acids is 1. The molecule has 0 fully saturated rings. The van der Waals surface area contributed by atoms with Gasteiger partial charge in [0.15, 0.2) is 6.61 Å². The highest BCUT2D eigenvalue weighted by atomic mass is 32.2. The largest absolute Gasteiger partial charge is 0.484 e. The average Bonchev–Trinajstić information content (AvgIpc) is 3.09. The van der Waals surface area contributed by atoms with Crippen LogP contribution in [0.2, 0.25) is 0 Å². The van der Waals surface area contributed by atoms with Crippen molar-refractivity contribution in [2.75, 3.05) is 11.1 Å². The number of benzene rings is 2. The molecular weight excluding hydrogens is 338 g/mol. The molecule has 128 valence electrons. The lowest BCUT2D eigenvalue weighted by Gasteiger charge is -2.04. The van der Waals surface area contributed by atoms with Gasteiger partial charge >= 0.3 is 0 Å². The Morgan fingerprint density at radius 1 is 1.12 bits per heavy atom. The lowest BCUT2D eigenvalue weighted by molar-refractivity contribution is -0.113. The Hall–Kier alpha value is -2.80. The van der Waals surface area contributed by atoms with E-state index >= 15 is 0 Å². The molecule has 0 atom stereocenters. The number of carbonyl (C=O) groups is 1. The number of thioether (sulfide) groups is 1. The molecule has 3 aromatic rings. The number of aromatic nitrogens is 2. The number of nitrogens with one attached hydrogen (secondary N) is 1. The molecule has 7 heteroatoms. The van der Waals surface area contributed by atoms with Gasteiger partial charge in [-0.05, 0) is 31.2 Å². The minimum Gasteiger partial charge on any atom is -0.484 e. The zero-order valence-electron chi connectivity index (χ0n) is 13.6. The smallest absolute Gasteiger partial charge is 0.277 e. The van der Waals surface area contributed by atoms with Crippen LogP contribution in [0.5, 0.6) is 5.75 Å². The van der Waals surface area contributed by atoms with Crippen LogP contribution in [0.1, 0.15) is 11.5 Å². The van der Waals surface area contributed by atoms with Crippen molar-refractivity contribution in [2.45, 2.75) is 18.8 Å². The predicted molar refractivity (Wildman–Crippen MR) is 95.6 cm³/mol. The van der Waals surface area contributed by atoms with Crippen LogP contribution in [0.25, 0.3) is 0 Å². The van der Waals surface area contributed by atoms with Crippen molar-refractivity contribution in [2.24, 2.45) is 0 Å². The van der Waals surface area contributed by atoms with Gasteiger partial charge in [0.05, 0.1) is 5.75 Å². The molecule has 0 radical (unpaired) electrons. The first kappa shape index (κ1) is 17.0. The number of hydrogen-bond acceptors (Lipinski definition) is 6. The van der Waals surface area contributed by atoms with Crippen molar-refractivity contribution < 1.29 is 13.9 Å². The Morgan fingerprint density at radius 2 is 1.88 bits per heavy atom. The fourth-order valence-corrected chi connectivity index (χ4v) is 2.56. The summed E-state index contributed by atoms with van der Waals surface area (Å²) < 4.78 is 11.0. The Balaban J connectivity index is 1.45. The molecule has 1 heterocycles. The van der Waals surface area contributed by atoms with Crippen LogP contribution < -0.4 is 10.1 Å². The third-order valence-electron chi connectivity index (χ3n) is 3.22. The second-order valence-corrected chi connectivity index (χ2v) is 6.19. The zero-order valence-corrected chi connectivity index (χ0v) is 14.5. The number of hydrogen-bond donors (Lipinski definition) is 1. The average molecular weight is 355 g/mol. The maximum atomic E-state index is 11.9. The van der Waals surface area contributed by atoms with E-state index in [-0.39, 0.29) is 18.3 Å². The third kappa shape index (κ3) is 5.36. The monoisotopic (exact) mass is 355 g/mol. The molecular formula is C18H17N3O3S. The summed E-state index contributed by atoms with van der Waals surface area (Å²) in [6.07, 6.45) is 0. The van der Waals surface area contributed by atoms with E-state index in [1.807, 2.05) is 61.5 Å². The number of rotatable bonds is 7. The second-order valence-electron chi connectivity index (χ2n) is 5.27. The molecule has 0 bridgehead atoms. The first-order valence-corrected chi connectivity index (χ1v) is 8.67. The number of aryl methyl sites for hydroxylation is 1. The Bertz CT molecular complexity index is 819. The van der Waals surface area contributed by atoms with Crippen molar-refractivity contribution >= 4 is 23.4 Å². The lowest BCUT2D eigenvalue weighted by Crippen LogP contribution is -2.13. The Morgan fingerprint density at radius 3 is 2.64 bits per heavy atom. The molecule has 0 saturated carbocycles. The maximum absolute atomic E-state index is 11.9. The maximum Gasteiger partial charge on any atom is 0.277 e. The van der Waals surface area contributed by atoms with Gasteiger partial charge in [-0.25, -0.2) is 0 Å². The van der Waals surface area contributed by atoms with Crippen LogP contribution in [0.15, 0.2) is 64.2 Å². The van der Waals surface area contributed by atoms with Gasteiger partial charge in [0.25, 0.3) is 11.1 Å². The summed E-state index contributed by atoms with van der Waals surface area (Å²) in [6.45, 7) is 2.18. The molecule has 1 N–H and O–H groups in total. The van der Waals surface area contributed by atoms with E-state index in [1.165, 1.54) is 11.8 Å². The molecule has 0 spiro atoms. The summed E-state index contributed by atoms with van der Waals surface area (Å²) in [4.78, 5) is 11.9. The van der Waals surface area contributed by atoms with E-state index in [4.69, 9.17) is 9.15 Å². The van der Waals surface area contributed by atoms with Gasteiger partial charge in [-0.2, -0.15) is 0 Å². The molecule has 1 amide bonds. The second kappa shape index (κ2) is 8.34. The van der Waals surface area contributed by atoms with Crippen LogP contribution in [0.3, 0.4) is 0 Å². The fraction of sp³-hybridized carbons (Fsp3) is 0.167.